The lowest BCUT2D eigenvalue weighted by Gasteiger charge is -2.36. The molecule has 0 amide bonds. The zero-order chi connectivity index (χ0) is 22.5. The molecular formula is C25H30N8. The van der Waals surface area contributed by atoms with Crippen molar-refractivity contribution in [3.8, 4) is 0 Å². The van der Waals surface area contributed by atoms with Crippen molar-refractivity contribution in [3.05, 3.63) is 53.6 Å². The smallest absolute Gasteiger partial charge is 0.157 e. The zero-order valence-electron chi connectivity index (χ0n) is 19.3. The van der Waals surface area contributed by atoms with Gasteiger partial charge in [0, 0.05) is 48.9 Å². The summed E-state index contributed by atoms with van der Waals surface area (Å²) in [6.07, 6.45) is 8.18. The summed E-state index contributed by atoms with van der Waals surface area (Å²) < 4.78 is 1.93. The number of nitrogens with zero attached hydrogens (tertiary/aromatic N) is 7. The van der Waals surface area contributed by atoms with Gasteiger partial charge in [-0.25, -0.2) is 19.5 Å². The van der Waals surface area contributed by atoms with Crippen LogP contribution in [-0.2, 0) is 0 Å². The second kappa shape index (κ2) is 7.95. The van der Waals surface area contributed by atoms with Gasteiger partial charge in [-0.3, -0.25) is 0 Å². The highest BCUT2D eigenvalue weighted by atomic mass is 15.3. The van der Waals surface area contributed by atoms with Crippen LogP contribution in [0.4, 0.5) is 11.6 Å². The lowest BCUT2D eigenvalue weighted by Crippen LogP contribution is -2.34. The highest BCUT2D eigenvalue weighted by Gasteiger charge is 2.30. The average Bonchev–Trinajstić information content (AvgIpc) is 3.44. The molecule has 33 heavy (non-hydrogen) atoms. The molecule has 3 aromatic heterocycles. The fourth-order valence-corrected chi connectivity index (χ4v) is 5.45. The Bertz CT molecular complexity index is 1320. The zero-order valence-corrected chi connectivity index (χ0v) is 19.3. The largest absolute Gasteiger partial charge is 0.355 e. The van der Waals surface area contributed by atoms with Gasteiger partial charge in [0.25, 0.3) is 0 Å². The van der Waals surface area contributed by atoms with Crippen molar-refractivity contribution in [1.82, 2.24) is 24.6 Å². The Morgan fingerprint density at radius 2 is 1.91 bits per heavy atom. The predicted octanol–water partition coefficient (Wildman–Crippen LogP) is 3.56. The van der Waals surface area contributed by atoms with Gasteiger partial charge in [-0.1, -0.05) is 12.1 Å². The molecular weight excluding hydrogens is 412 g/mol. The van der Waals surface area contributed by atoms with E-state index in [2.05, 4.69) is 59.1 Å². The first-order chi connectivity index (χ1) is 16.1. The van der Waals surface area contributed by atoms with E-state index in [-0.39, 0.29) is 12.1 Å². The van der Waals surface area contributed by atoms with Gasteiger partial charge in [-0.05, 0) is 51.2 Å². The summed E-state index contributed by atoms with van der Waals surface area (Å²) >= 11 is 0. The van der Waals surface area contributed by atoms with Crippen LogP contribution >= 0.6 is 0 Å². The van der Waals surface area contributed by atoms with Crippen LogP contribution in [0.1, 0.15) is 48.5 Å². The molecule has 8 nitrogen and oxygen atoms in total. The molecule has 5 heterocycles. The maximum absolute atomic E-state index is 6.14. The van der Waals surface area contributed by atoms with Crippen molar-refractivity contribution in [2.75, 3.05) is 29.4 Å². The minimum absolute atomic E-state index is 0.169. The molecule has 1 aromatic carbocycles. The van der Waals surface area contributed by atoms with Crippen molar-refractivity contribution in [2.45, 2.75) is 51.6 Å². The summed E-state index contributed by atoms with van der Waals surface area (Å²) in [5.74, 6) is 2.04. The van der Waals surface area contributed by atoms with Gasteiger partial charge >= 0.3 is 0 Å². The summed E-state index contributed by atoms with van der Waals surface area (Å²) in [6, 6.07) is 8.81. The number of fused-ring (bicyclic) bond motifs is 2. The first-order valence-corrected chi connectivity index (χ1v) is 11.9. The van der Waals surface area contributed by atoms with Crippen molar-refractivity contribution in [1.29, 1.82) is 0 Å². The van der Waals surface area contributed by atoms with Crippen LogP contribution in [0.5, 0.6) is 0 Å². The quantitative estimate of drug-likeness (QED) is 0.519. The van der Waals surface area contributed by atoms with E-state index in [1.165, 1.54) is 12.0 Å². The molecule has 0 saturated carbocycles. The Hall–Kier alpha value is -3.26. The highest BCUT2D eigenvalue weighted by molar-refractivity contribution is 5.92. The minimum Gasteiger partial charge on any atom is -0.355 e. The van der Waals surface area contributed by atoms with Crippen molar-refractivity contribution in [3.63, 3.8) is 0 Å². The number of hydrogen-bond acceptors (Lipinski definition) is 7. The molecule has 4 aromatic rings. The van der Waals surface area contributed by atoms with Crippen molar-refractivity contribution < 1.29 is 0 Å². The maximum Gasteiger partial charge on any atom is 0.157 e. The minimum atomic E-state index is 0.169. The van der Waals surface area contributed by atoms with Crippen molar-refractivity contribution in [2.24, 2.45) is 5.73 Å². The summed E-state index contributed by atoms with van der Waals surface area (Å²) in [5.41, 5.74) is 11.4. The van der Waals surface area contributed by atoms with Crippen molar-refractivity contribution >= 4 is 28.2 Å². The number of hydrogen-bond donors (Lipinski definition) is 1. The van der Waals surface area contributed by atoms with Gasteiger partial charge in [-0.2, -0.15) is 5.10 Å². The normalized spacial score (nSPS) is 21.4. The predicted molar refractivity (Wildman–Crippen MR) is 131 cm³/mol. The molecule has 2 aliphatic rings. The average molecular weight is 443 g/mol. The van der Waals surface area contributed by atoms with Gasteiger partial charge in [0.15, 0.2) is 5.65 Å². The van der Waals surface area contributed by atoms with Gasteiger partial charge in [-0.15, -0.1) is 0 Å². The van der Waals surface area contributed by atoms with E-state index in [9.17, 15) is 0 Å². The van der Waals surface area contributed by atoms with E-state index in [1.54, 1.807) is 6.33 Å². The number of anilines is 2. The van der Waals surface area contributed by atoms with E-state index < -0.39 is 0 Å². The molecule has 0 spiro atoms. The summed E-state index contributed by atoms with van der Waals surface area (Å²) in [4.78, 5) is 19.0. The lowest BCUT2D eigenvalue weighted by atomic mass is 9.98. The van der Waals surface area contributed by atoms with E-state index in [0.717, 1.165) is 78.3 Å². The number of benzene rings is 1. The second-order valence-corrected chi connectivity index (χ2v) is 9.49. The monoisotopic (exact) mass is 442 g/mol. The highest BCUT2D eigenvalue weighted by Crippen LogP contribution is 2.37. The summed E-state index contributed by atoms with van der Waals surface area (Å²) in [5, 5.41) is 6.12. The molecule has 6 rings (SSSR count). The lowest BCUT2D eigenvalue weighted by molar-refractivity contribution is 0.461. The van der Waals surface area contributed by atoms with E-state index in [1.807, 2.05) is 4.52 Å². The fraction of sp³-hybridized carbons (Fsp3) is 0.440. The number of aryl methyl sites for hydroxylation is 2. The van der Waals surface area contributed by atoms with Crippen LogP contribution in [0.3, 0.4) is 0 Å². The van der Waals surface area contributed by atoms with E-state index >= 15 is 0 Å². The van der Waals surface area contributed by atoms with Crippen LogP contribution < -0.4 is 15.5 Å². The first-order valence-electron chi connectivity index (χ1n) is 11.9. The molecule has 2 N–H and O–H groups in total. The van der Waals surface area contributed by atoms with Gasteiger partial charge in [0.2, 0.25) is 0 Å². The topological polar surface area (TPSA) is 88.5 Å². The molecule has 0 aliphatic carbocycles. The summed E-state index contributed by atoms with van der Waals surface area (Å²) in [7, 11) is 0. The number of rotatable bonds is 3. The molecule has 2 aliphatic heterocycles. The third-order valence-corrected chi connectivity index (χ3v) is 7.12. The molecule has 170 valence electrons. The Kier molecular flexibility index (Phi) is 4.90. The maximum atomic E-state index is 6.14. The van der Waals surface area contributed by atoms with Gasteiger partial charge in [0.05, 0.1) is 17.3 Å². The molecule has 2 fully saturated rings. The molecule has 0 bridgehead atoms. The Balaban J connectivity index is 1.41. The summed E-state index contributed by atoms with van der Waals surface area (Å²) in [6.45, 7) is 7.03. The third kappa shape index (κ3) is 3.49. The van der Waals surface area contributed by atoms with Crippen LogP contribution in [0.15, 0.2) is 36.8 Å². The second-order valence-electron chi connectivity index (χ2n) is 9.49. The van der Waals surface area contributed by atoms with Crippen LogP contribution in [0, 0.1) is 13.8 Å². The number of aromatic nitrogens is 5. The number of piperidine rings is 1. The molecule has 2 saturated heterocycles. The number of nitrogens with two attached hydrogens (primary N) is 1. The molecule has 1 unspecified atom stereocenters. The fourth-order valence-electron chi connectivity index (χ4n) is 5.45. The van der Waals surface area contributed by atoms with E-state index in [4.69, 9.17) is 20.8 Å². The molecule has 0 radical (unpaired) electrons. The molecule has 8 heteroatoms. The standard InChI is InChI=1S/C25H30N8/c1-16-6-5-7-19-23(16)25(28-15-27-19)32-10-4-3-8-21(32)20-12-22-29-24(17(2)13-33(22)30-20)31-11-9-18(26)14-31/h5-7,12-13,15,18,21H,3-4,8-11,14,26H2,1-2H3/t18-,21?/m0/s1. The Morgan fingerprint density at radius 3 is 2.76 bits per heavy atom. The van der Waals surface area contributed by atoms with Crippen LogP contribution in [0.2, 0.25) is 0 Å². The first kappa shape index (κ1) is 20.4. The van der Waals surface area contributed by atoms with Crippen LogP contribution in [0.25, 0.3) is 16.6 Å². The third-order valence-electron chi connectivity index (χ3n) is 7.12. The van der Waals surface area contributed by atoms with Crippen LogP contribution in [-0.4, -0.2) is 50.2 Å². The Labute approximate surface area is 193 Å². The van der Waals surface area contributed by atoms with Gasteiger partial charge < -0.3 is 15.5 Å². The Morgan fingerprint density at radius 1 is 1.00 bits per heavy atom. The van der Waals surface area contributed by atoms with E-state index in [0.29, 0.717) is 0 Å². The van der Waals surface area contributed by atoms with Gasteiger partial charge in [0.1, 0.15) is 18.0 Å². The molecule has 2 atom stereocenters. The SMILES string of the molecule is Cc1cn2nc(C3CCCCN3c3ncnc4cccc(C)c34)cc2nc1N1CC[C@H](N)C1.